The Morgan fingerprint density at radius 1 is 1.11 bits per heavy atom. The van der Waals surface area contributed by atoms with Crippen LogP contribution in [0.4, 0.5) is 0 Å². The summed E-state index contributed by atoms with van der Waals surface area (Å²) in [6.07, 6.45) is 0. The van der Waals surface area contributed by atoms with Crippen molar-refractivity contribution >= 4 is 17.5 Å². The third-order valence-corrected chi connectivity index (χ3v) is 4.52. The first-order valence-corrected chi connectivity index (χ1v) is 8.97. The van der Waals surface area contributed by atoms with E-state index in [0.29, 0.717) is 17.2 Å². The highest BCUT2D eigenvalue weighted by Crippen LogP contribution is 2.31. The lowest BCUT2D eigenvalue weighted by Crippen LogP contribution is -2.24. The van der Waals surface area contributed by atoms with Gasteiger partial charge in [-0.25, -0.2) is 5.48 Å². The summed E-state index contributed by atoms with van der Waals surface area (Å²) >= 11 is 6.03. The molecule has 0 spiro atoms. The molecule has 0 saturated carbocycles. The topological polar surface area (TPSA) is 52.5 Å². The van der Waals surface area contributed by atoms with Crippen LogP contribution < -0.4 is 10.2 Å². The van der Waals surface area contributed by atoms with E-state index in [4.69, 9.17) is 21.2 Å². The summed E-state index contributed by atoms with van der Waals surface area (Å²) in [5.41, 5.74) is 6.58. The first-order valence-electron chi connectivity index (χ1n) is 8.60. The quantitative estimate of drug-likeness (QED) is 0.621. The van der Waals surface area contributed by atoms with Gasteiger partial charge in [-0.1, -0.05) is 23.7 Å². The molecule has 27 heavy (non-hydrogen) atoms. The second-order valence-corrected chi connectivity index (χ2v) is 6.37. The fraction of sp³-hybridized carbons (Fsp3) is 0.190. The van der Waals surface area contributed by atoms with Gasteiger partial charge in [0.25, 0.3) is 5.91 Å². The number of hydrogen-bond donors (Lipinski definition) is 1. The number of amides is 1. The van der Waals surface area contributed by atoms with Crippen molar-refractivity contribution in [2.45, 2.75) is 13.8 Å². The van der Waals surface area contributed by atoms with Crippen molar-refractivity contribution in [2.75, 3.05) is 13.7 Å². The minimum absolute atomic E-state index is 0.281. The summed E-state index contributed by atoms with van der Waals surface area (Å²) in [7, 11) is 1.63. The monoisotopic (exact) mass is 384 g/mol. The van der Waals surface area contributed by atoms with Gasteiger partial charge in [0.05, 0.1) is 25.0 Å². The van der Waals surface area contributed by atoms with E-state index in [9.17, 15) is 4.79 Å². The van der Waals surface area contributed by atoms with Crippen LogP contribution in [0, 0.1) is 6.92 Å². The summed E-state index contributed by atoms with van der Waals surface area (Å²) in [4.78, 5) is 17.6. The average molecular weight is 385 g/mol. The average Bonchev–Trinajstić information content (AvgIpc) is 3.04. The third kappa shape index (κ3) is 3.99. The number of hydroxylamine groups is 1. The lowest BCUT2D eigenvalue weighted by Gasteiger charge is -2.13. The van der Waals surface area contributed by atoms with E-state index in [2.05, 4.69) is 5.48 Å². The molecule has 0 aliphatic rings. The molecule has 0 fully saturated rings. The predicted molar refractivity (Wildman–Crippen MR) is 107 cm³/mol. The number of carbonyl (C=O) groups is 1. The van der Waals surface area contributed by atoms with Crippen molar-refractivity contribution in [2.24, 2.45) is 0 Å². The number of nitrogens with one attached hydrogen (secondary N) is 1. The molecular formula is C21H21ClN2O3. The highest BCUT2D eigenvalue weighted by molar-refractivity contribution is 6.30. The van der Waals surface area contributed by atoms with Gasteiger partial charge in [-0.2, -0.15) is 0 Å². The predicted octanol–water partition coefficient (Wildman–Crippen LogP) is 4.80. The van der Waals surface area contributed by atoms with Crippen LogP contribution >= 0.6 is 11.6 Å². The van der Waals surface area contributed by atoms with Crippen molar-refractivity contribution in [1.82, 2.24) is 10.0 Å². The first-order chi connectivity index (χ1) is 13.0. The van der Waals surface area contributed by atoms with Gasteiger partial charge in [-0.05, 0) is 61.9 Å². The molecule has 5 nitrogen and oxygen atoms in total. The number of halogens is 1. The highest BCUT2D eigenvalue weighted by atomic mass is 35.5. The summed E-state index contributed by atoms with van der Waals surface area (Å²) < 4.78 is 7.28. The van der Waals surface area contributed by atoms with Crippen LogP contribution in [-0.2, 0) is 4.84 Å². The fourth-order valence-electron chi connectivity index (χ4n) is 2.93. The van der Waals surface area contributed by atoms with Gasteiger partial charge >= 0.3 is 0 Å². The van der Waals surface area contributed by atoms with Gasteiger partial charge in [-0.15, -0.1) is 0 Å². The smallest absolute Gasteiger partial charge is 0.276 e. The zero-order chi connectivity index (χ0) is 19.4. The summed E-state index contributed by atoms with van der Waals surface area (Å²) in [6.45, 7) is 4.12. The molecule has 1 amide bonds. The van der Waals surface area contributed by atoms with Crippen LogP contribution in [0.5, 0.6) is 5.75 Å². The van der Waals surface area contributed by atoms with Crippen molar-refractivity contribution in [1.29, 1.82) is 0 Å². The molecule has 1 heterocycles. The molecule has 3 rings (SSSR count). The van der Waals surface area contributed by atoms with Crippen molar-refractivity contribution in [3.05, 3.63) is 70.9 Å². The number of benzene rings is 2. The van der Waals surface area contributed by atoms with E-state index < -0.39 is 0 Å². The summed E-state index contributed by atoms with van der Waals surface area (Å²) in [6, 6.07) is 17.1. The second kappa shape index (κ2) is 8.29. The molecule has 2 aromatic carbocycles. The number of carbonyl (C=O) groups excluding carboxylic acids is 1. The zero-order valence-electron chi connectivity index (χ0n) is 15.5. The standard InChI is InChI=1S/C21H21ClN2O3/c1-4-27-23-21(25)19-13-20(15-5-7-16(22)8-6-15)24(14(19)2)17-9-11-18(26-3)12-10-17/h5-13H,4H2,1-3H3,(H,23,25). The number of ether oxygens (including phenoxy) is 1. The van der Waals surface area contributed by atoms with E-state index in [-0.39, 0.29) is 5.91 Å². The second-order valence-electron chi connectivity index (χ2n) is 5.93. The summed E-state index contributed by atoms with van der Waals surface area (Å²) in [5.74, 6) is 0.489. The number of nitrogens with zero attached hydrogens (tertiary/aromatic N) is 1. The Balaban J connectivity index is 2.14. The molecule has 1 aromatic heterocycles. The molecule has 140 valence electrons. The molecule has 0 unspecified atom stereocenters. The van der Waals surface area contributed by atoms with Gasteiger partial charge in [0, 0.05) is 16.4 Å². The third-order valence-electron chi connectivity index (χ3n) is 4.27. The first kappa shape index (κ1) is 19.0. The van der Waals surface area contributed by atoms with Crippen LogP contribution in [0.15, 0.2) is 54.6 Å². The lowest BCUT2D eigenvalue weighted by atomic mass is 10.1. The van der Waals surface area contributed by atoms with Crippen molar-refractivity contribution < 1.29 is 14.4 Å². The van der Waals surface area contributed by atoms with Gasteiger partial charge in [0.1, 0.15) is 5.75 Å². The van der Waals surface area contributed by atoms with Crippen LogP contribution in [0.3, 0.4) is 0 Å². The Morgan fingerprint density at radius 3 is 2.37 bits per heavy atom. The Kier molecular flexibility index (Phi) is 5.84. The number of rotatable bonds is 6. The molecule has 0 bridgehead atoms. The molecule has 3 aromatic rings. The van der Waals surface area contributed by atoms with E-state index in [1.807, 2.05) is 73.0 Å². The SMILES string of the molecule is CCONC(=O)c1cc(-c2ccc(Cl)cc2)n(-c2ccc(OC)cc2)c1C. The Morgan fingerprint density at radius 2 is 1.78 bits per heavy atom. The number of hydrogen-bond acceptors (Lipinski definition) is 3. The summed E-state index contributed by atoms with van der Waals surface area (Å²) in [5, 5.41) is 0.660. The molecule has 0 atom stereocenters. The van der Waals surface area contributed by atoms with Gasteiger partial charge in [0.2, 0.25) is 0 Å². The highest BCUT2D eigenvalue weighted by Gasteiger charge is 2.20. The number of aromatic nitrogens is 1. The maximum absolute atomic E-state index is 12.5. The Labute approximate surface area is 163 Å². The van der Waals surface area contributed by atoms with Crippen molar-refractivity contribution in [3.8, 4) is 22.7 Å². The van der Waals surface area contributed by atoms with E-state index >= 15 is 0 Å². The van der Waals surface area contributed by atoms with Crippen LogP contribution in [0.1, 0.15) is 23.0 Å². The van der Waals surface area contributed by atoms with Crippen LogP contribution in [0.25, 0.3) is 16.9 Å². The van der Waals surface area contributed by atoms with Gasteiger partial charge in [-0.3, -0.25) is 9.63 Å². The van der Waals surface area contributed by atoms with Crippen molar-refractivity contribution in [3.63, 3.8) is 0 Å². The number of methoxy groups -OCH3 is 1. The molecule has 0 aliphatic heterocycles. The molecule has 1 N–H and O–H groups in total. The van der Waals surface area contributed by atoms with E-state index in [0.717, 1.165) is 28.4 Å². The maximum Gasteiger partial charge on any atom is 0.276 e. The molecule has 0 radical (unpaired) electrons. The molecular weight excluding hydrogens is 364 g/mol. The normalized spacial score (nSPS) is 10.7. The van der Waals surface area contributed by atoms with Gasteiger partial charge in [0.15, 0.2) is 0 Å². The fourth-order valence-corrected chi connectivity index (χ4v) is 3.05. The van der Waals surface area contributed by atoms with E-state index in [1.54, 1.807) is 7.11 Å². The molecule has 0 saturated heterocycles. The Hall–Kier alpha value is -2.76. The molecule has 0 aliphatic carbocycles. The Bertz CT molecular complexity index is 931. The minimum Gasteiger partial charge on any atom is -0.497 e. The molecule has 6 heteroatoms. The van der Waals surface area contributed by atoms with Gasteiger partial charge < -0.3 is 9.30 Å². The largest absolute Gasteiger partial charge is 0.497 e. The maximum atomic E-state index is 12.5. The van der Waals surface area contributed by atoms with E-state index in [1.165, 1.54) is 0 Å². The van der Waals surface area contributed by atoms with Crippen LogP contribution in [0.2, 0.25) is 5.02 Å². The zero-order valence-corrected chi connectivity index (χ0v) is 16.2. The van der Waals surface area contributed by atoms with Crippen LogP contribution in [-0.4, -0.2) is 24.2 Å². The lowest BCUT2D eigenvalue weighted by molar-refractivity contribution is 0.0364. The minimum atomic E-state index is -0.281.